The minimum atomic E-state index is -0.660. The molecule has 2 aromatic rings. The second-order valence-electron chi connectivity index (χ2n) is 6.19. The number of carbonyl (C=O) groups excluding carboxylic acids is 2. The maximum Gasteiger partial charge on any atom is 0.339 e. The van der Waals surface area contributed by atoms with Gasteiger partial charge < -0.3 is 14.8 Å². The summed E-state index contributed by atoms with van der Waals surface area (Å²) in [5.41, 5.74) is 2.68. The Balaban J connectivity index is 2.15. The lowest BCUT2D eigenvalue weighted by Gasteiger charge is -2.19. The molecule has 0 bridgehead atoms. The molecular weight excluding hydrogens is 366 g/mol. The third kappa shape index (κ3) is 5.47. The van der Waals surface area contributed by atoms with Gasteiger partial charge in [0.15, 0.2) is 6.10 Å². The number of aryl methyl sites for hydroxylation is 2. The van der Waals surface area contributed by atoms with E-state index in [1.807, 2.05) is 39.0 Å². The van der Waals surface area contributed by atoms with E-state index in [-0.39, 0.29) is 23.1 Å². The Morgan fingerprint density at radius 2 is 1.85 bits per heavy atom. The van der Waals surface area contributed by atoms with Crippen LogP contribution in [0.25, 0.3) is 0 Å². The maximum absolute atomic E-state index is 12.7. The van der Waals surface area contributed by atoms with Gasteiger partial charge in [-0.1, -0.05) is 30.7 Å². The van der Waals surface area contributed by atoms with Gasteiger partial charge in [0.05, 0.1) is 17.2 Å². The van der Waals surface area contributed by atoms with Gasteiger partial charge in [-0.25, -0.2) is 4.79 Å². The Labute approximate surface area is 164 Å². The molecule has 0 saturated heterocycles. The Morgan fingerprint density at radius 1 is 1.11 bits per heavy atom. The molecule has 0 unspecified atom stereocenters. The number of ether oxygens (including phenoxy) is 2. The number of anilines is 1. The van der Waals surface area contributed by atoms with Crippen LogP contribution in [0.5, 0.6) is 5.75 Å². The number of halogens is 1. The van der Waals surface area contributed by atoms with E-state index in [0.717, 1.165) is 11.1 Å². The summed E-state index contributed by atoms with van der Waals surface area (Å²) in [7, 11) is 0. The molecule has 0 aliphatic carbocycles. The van der Waals surface area contributed by atoms with E-state index in [4.69, 9.17) is 21.1 Å². The van der Waals surface area contributed by atoms with E-state index in [1.54, 1.807) is 19.1 Å². The Bertz CT molecular complexity index is 835. The molecule has 0 aliphatic heterocycles. The van der Waals surface area contributed by atoms with Crippen molar-refractivity contribution in [2.45, 2.75) is 40.2 Å². The number of hydrogen-bond donors (Lipinski definition) is 1. The van der Waals surface area contributed by atoms with E-state index in [0.29, 0.717) is 17.9 Å². The van der Waals surface area contributed by atoms with Gasteiger partial charge in [-0.2, -0.15) is 0 Å². The summed E-state index contributed by atoms with van der Waals surface area (Å²) in [6.07, 6.45) is -0.162. The Morgan fingerprint density at radius 3 is 2.52 bits per heavy atom. The molecule has 1 amide bonds. The predicted molar refractivity (Wildman–Crippen MR) is 107 cm³/mol. The summed E-state index contributed by atoms with van der Waals surface area (Å²) in [5.74, 6) is -0.145. The second-order valence-corrected chi connectivity index (χ2v) is 6.60. The van der Waals surface area contributed by atoms with Crippen molar-refractivity contribution in [1.82, 2.24) is 0 Å². The molecule has 5 nitrogen and oxygen atoms in total. The molecule has 1 N–H and O–H groups in total. The van der Waals surface area contributed by atoms with Gasteiger partial charge in [0.25, 0.3) is 5.91 Å². The molecule has 6 heteroatoms. The van der Waals surface area contributed by atoms with Crippen LogP contribution in [0.4, 0.5) is 5.69 Å². The highest BCUT2D eigenvalue weighted by molar-refractivity contribution is 6.33. The summed E-state index contributed by atoms with van der Waals surface area (Å²) >= 11 is 6.05. The quantitative estimate of drug-likeness (QED) is 0.682. The monoisotopic (exact) mass is 389 g/mol. The third-order valence-corrected chi connectivity index (χ3v) is 4.33. The molecule has 2 aromatic carbocycles. The fourth-order valence-corrected chi connectivity index (χ4v) is 2.70. The summed E-state index contributed by atoms with van der Waals surface area (Å²) in [4.78, 5) is 24.6. The first-order chi connectivity index (χ1) is 12.8. The van der Waals surface area contributed by atoms with E-state index < -0.39 is 12.1 Å². The molecule has 0 fully saturated rings. The Kier molecular flexibility index (Phi) is 7.25. The van der Waals surface area contributed by atoms with Gasteiger partial charge >= 0.3 is 5.97 Å². The molecule has 0 saturated carbocycles. The minimum Gasteiger partial charge on any atom is -0.480 e. The average Bonchev–Trinajstić information content (AvgIpc) is 2.64. The van der Waals surface area contributed by atoms with Crippen LogP contribution < -0.4 is 10.1 Å². The Hall–Kier alpha value is -2.53. The number of hydrogen-bond acceptors (Lipinski definition) is 4. The number of rotatable bonds is 7. The fourth-order valence-electron chi connectivity index (χ4n) is 2.50. The average molecular weight is 390 g/mol. The van der Waals surface area contributed by atoms with Gasteiger partial charge in [0, 0.05) is 5.69 Å². The second kappa shape index (κ2) is 9.42. The van der Waals surface area contributed by atoms with E-state index in [2.05, 4.69) is 5.32 Å². The molecule has 1 atom stereocenters. The van der Waals surface area contributed by atoms with Gasteiger partial charge in [-0.15, -0.1) is 0 Å². The van der Waals surface area contributed by atoms with E-state index >= 15 is 0 Å². The maximum atomic E-state index is 12.7. The lowest BCUT2D eigenvalue weighted by atomic mass is 10.1. The van der Waals surface area contributed by atoms with Crippen LogP contribution in [0, 0.1) is 13.8 Å². The van der Waals surface area contributed by atoms with E-state index in [1.165, 1.54) is 6.07 Å². The van der Waals surface area contributed by atoms with Crippen LogP contribution in [0.2, 0.25) is 5.02 Å². The number of nitrogens with one attached hydrogen (secondary N) is 1. The normalized spacial score (nSPS) is 11.6. The molecule has 0 spiro atoms. The van der Waals surface area contributed by atoms with Crippen molar-refractivity contribution in [2.75, 3.05) is 11.9 Å². The van der Waals surface area contributed by atoms with Crippen molar-refractivity contribution in [2.24, 2.45) is 0 Å². The van der Waals surface area contributed by atoms with Gasteiger partial charge in [0.1, 0.15) is 5.75 Å². The lowest BCUT2D eigenvalue weighted by molar-refractivity contribution is -0.122. The highest BCUT2D eigenvalue weighted by atomic mass is 35.5. The van der Waals surface area contributed by atoms with Crippen LogP contribution in [0.1, 0.15) is 41.8 Å². The van der Waals surface area contributed by atoms with Crippen molar-refractivity contribution in [3.63, 3.8) is 0 Å². The van der Waals surface area contributed by atoms with Crippen LogP contribution in [-0.2, 0) is 9.53 Å². The summed E-state index contributed by atoms with van der Waals surface area (Å²) in [5, 5.41) is 3.05. The molecule has 2 rings (SSSR count). The zero-order valence-corrected chi connectivity index (χ0v) is 16.7. The van der Waals surface area contributed by atoms with Crippen molar-refractivity contribution in [3.8, 4) is 5.75 Å². The minimum absolute atomic E-state index is 0.208. The highest BCUT2D eigenvalue weighted by Gasteiger charge is 2.20. The number of carbonyl (C=O) groups is 2. The smallest absolute Gasteiger partial charge is 0.339 e. The van der Waals surface area contributed by atoms with Crippen LogP contribution in [0.15, 0.2) is 36.4 Å². The van der Waals surface area contributed by atoms with Crippen LogP contribution in [0.3, 0.4) is 0 Å². The zero-order chi connectivity index (χ0) is 20.0. The van der Waals surface area contributed by atoms with Crippen molar-refractivity contribution in [3.05, 3.63) is 58.1 Å². The van der Waals surface area contributed by atoms with Crippen molar-refractivity contribution >= 4 is 29.2 Å². The van der Waals surface area contributed by atoms with Gasteiger partial charge in [0.2, 0.25) is 0 Å². The zero-order valence-electron chi connectivity index (χ0n) is 16.0. The lowest BCUT2D eigenvalue weighted by Crippen LogP contribution is -2.32. The summed E-state index contributed by atoms with van der Waals surface area (Å²) in [6.45, 7) is 7.74. The van der Waals surface area contributed by atoms with Crippen LogP contribution >= 0.6 is 11.6 Å². The largest absolute Gasteiger partial charge is 0.480 e. The SMILES string of the molecule is CCOC(=O)c1cc(NC(=O)[C@H](CC)Oc2cc(C)ccc2C)ccc1Cl. The molecule has 0 radical (unpaired) electrons. The first kappa shape index (κ1) is 20.8. The molecule has 0 heterocycles. The van der Waals surface area contributed by atoms with Crippen LogP contribution in [-0.4, -0.2) is 24.6 Å². The fraction of sp³-hybridized carbons (Fsp3) is 0.333. The molecule has 144 valence electrons. The predicted octanol–water partition coefficient (Wildman–Crippen LogP) is 4.93. The van der Waals surface area contributed by atoms with Gasteiger partial charge in [-0.3, -0.25) is 4.79 Å². The topological polar surface area (TPSA) is 64.6 Å². The number of esters is 1. The standard InChI is InChI=1S/C21H24ClNO4/c1-5-18(27-19-11-13(3)7-8-14(19)4)20(24)23-15-9-10-17(22)16(12-15)21(25)26-6-2/h7-12,18H,5-6H2,1-4H3,(H,23,24)/t18-/m0/s1. The molecule has 27 heavy (non-hydrogen) atoms. The molecule has 0 aromatic heterocycles. The summed E-state index contributed by atoms with van der Waals surface area (Å²) < 4.78 is 10.9. The highest BCUT2D eigenvalue weighted by Crippen LogP contribution is 2.24. The first-order valence-electron chi connectivity index (χ1n) is 8.87. The van der Waals surface area contributed by atoms with Gasteiger partial charge in [-0.05, 0) is 62.6 Å². The third-order valence-electron chi connectivity index (χ3n) is 4.01. The molecular formula is C21H24ClNO4. The summed E-state index contributed by atoms with van der Waals surface area (Å²) in [6, 6.07) is 10.5. The number of benzene rings is 2. The first-order valence-corrected chi connectivity index (χ1v) is 9.25. The number of amides is 1. The van der Waals surface area contributed by atoms with Crippen molar-refractivity contribution in [1.29, 1.82) is 0 Å². The van der Waals surface area contributed by atoms with Crippen molar-refractivity contribution < 1.29 is 19.1 Å². The van der Waals surface area contributed by atoms with E-state index in [9.17, 15) is 9.59 Å². The molecule has 0 aliphatic rings.